The highest BCUT2D eigenvalue weighted by Crippen LogP contribution is 2.33. The van der Waals surface area contributed by atoms with Crippen molar-refractivity contribution < 1.29 is 32.9 Å². The number of hydrogen-bond donors (Lipinski definition) is 2. The number of carboxylic acid groups (broad SMARTS) is 1. The van der Waals surface area contributed by atoms with E-state index in [1.807, 2.05) is 24.3 Å². The Morgan fingerprint density at radius 1 is 1.08 bits per heavy atom. The second kappa shape index (κ2) is 10.4. The van der Waals surface area contributed by atoms with Crippen molar-refractivity contribution in [2.75, 3.05) is 18.0 Å². The summed E-state index contributed by atoms with van der Waals surface area (Å²) in [5.41, 5.74) is 2.02. The van der Waals surface area contributed by atoms with Gasteiger partial charge in [0.25, 0.3) is 0 Å². The third-order valence-corrected chi connectivity index (χ3v) is 5.79. The molecule has 0 radical (unpaired) electrons. The Balaban J connectivity index is 1.47. The van der Waals surface area contributed by atoms with Crippen LogP contribution < -0.4 is 9.64 Å². The second-order valence-corrected chi connectivity index (χ2v) is 9.24. The minimum Gasteiger partial charge on any atom is -0.489 e. The summed E-state index contributed by atoms with van der Waals surface area (Å²) in [5.74, 6) is -2.27. The molecule has 0 fully saturated rings. The highest BCUT2D eigenvalue weighted by atomic mass is 19.2. The van der Waals surface area contributed by atoms with E-state index in [9.17, 15) is 23.8 Å². The molecule has 36 heavy (non-hydrogen) atoms. The minimum absolute atomic E-state index is 0.0877. The molecule has 1 aromatic heterocycles. The number of anilines is 1. The fourth-order valence-electron chi connectivity index (χ4n) is 3.90. The van der Waals surface area contributed by atoms with E-state index in [2.05, 4.69) is 0 Å². The van der Waals surface area contributed by atoms with Crippen LogP contribution in [0.2, 0.25) is 0 Å². The number of halogens is 2. The molecule has 0 aliphatic carbocycles. The lowest BCUT2D eigenvalue weighted by atomic mass is 10.0. The zero-order chi connectivity index (χ0) is 25.9. The molecule has 3 aromatic carbocycles. The number of aliphatic carboxylic acids is 1. The summed E-state index contributed by atoms with van der Waals surface area (Å²) >= 11 is 0. The maximum Gasteiger partial charge on any atom is 0.323 e. The summed E-state index contributed by atoms with van der Waals surface area (Å²) in [4.78, 5) is 13.1. The zero-order valence-electron chi connectivity index (χ0n) is 20.0. The number of carboxylic acids is 1. The minimum atomic E-state index is -0.958. The number of carbonyl (C=O) groups is 1. The normalized spacial score (nSPS) is 11.6. The van der Waals surface area contributed by atoms with Crippen molar-refractivity contribution in [1.29, 1.82) is 0 Å². The van der Waals surface area contributed by atoms with E-state index < -0.39 is 23.2 Å². The van der Waals surface area contributed by atoms with E-state index in [0.29, 0.717) is 29.8 Å². The van der Waals surface area contributed by atoms with Crippen molar-refractivity contribution in [2.45, 2.75) is 32.5 Å². The molecule has 0 saturated carbocycles. The van der Waals surface area contributed by atoms with Crippen LogP contribution in [-0.2, 0) is 11.4 Å². The maximum absolute atomic E-state index is 14.0. The van der Waals surface area contributed by atoms with Crippen molar-refractivity contribution >= 4 is 22.6 Å². The first kappa shape index (κ1) is 25.2. The van der Waals surface area contributed by atoms with Gasteiger partial charge in [-0.25, -0.2) is 8.78 Å². The number of rotatable bonds is 10. The third-order valence-electron chi connectivity index (χ3n) is 5.79. The van der Waals surface area contributed by atoms with E-state index >= 15 is 0 Å². The molecule has 0 saturated heterocycles. The molecular formula is C28H27F2NO5. The molecule has 0 amide bonds. The van der Waals surface area contributed by atoms with Gasteiger partial charge in [-0.1, -0.05) is 24.3 Å². The van der Waals surface area contributed by atoms with Gasteiger partial charge in [-0.2, -0.15) is 0 Å². The fourth-order valence-corrected chi connectivity index (χ4v) is 3.90. The number of ether oxygens (including phenoxy) is 1. The summed E-state index contributed by atoms with van der Waals surface area (Å²) in [6.07, 6.45) is 1.74. The SMILES string of the molecule is CC(C)(O)CCN(CC(=O)O)c1cccc(COc2ccc(-c3cc(F)c(F)c4ccoc34)cc2)c1. The molecular weight excluding hydrogens is 468 g/mol. The number of benzene rings is 3. The predicted octanol–water partition coefficient (Wildman–Crippen LogP) is 6.01. The quantitative estimate of drug-likeness (QED) is 0.280. The molecule has 2 N–H and O–H groups in total. The average molecular weight is 496 g/mol. The molecule has 0 atom stereocenters. The van der Waals surface area contributed by atoms with Gasteiger partial charge in [-0.05, 0) is 67.8 Å². The number of fused-ring (bicyclic) bond motifs is 1. The molecule has 0 bridgehead atoms. The van der Waals surface area contributed by atoms with Gasteiger partial charge < -0.3 is 24.3 Å². The number of furan rings is 1. The summed E-state index contributed by atoms with van der Waals surface area (Å²) < 4.78 is 39.3. The lowest BCUT2D eigenvalue weighted by Gasteiger charge is -2.27. The molecule has 0 aliphatic heterocycles. The van der Waals surface area contributed by atoms with Gasteiger partial charge in [-0.3, -0.25) is 4.79 Å². The zero-order valence-corrected chi connectivity index (χ0v) is 20.0. The highest BCUT2D eigenvalue weighted by molar-refractivity contribution is 5.93. The van der Waals surface area contributed by atoms with Gasteiger partial charge in [-0.15, -0.1) is 0 Å². The summed E-state index contributed by atoms with van der Waals surface area (Å²) in [5, 5.41) is 19.4. The topological polar surface area (TPSA) is 83.1 Å². The third kappa shape index (κ3) is 6.01. The number of nitrogens with zero attached hydrogens (tertiary/aromatic N) is 1. The molecule has 0 aliphatic rings. The van der Waals surface area contributed by atoms with Gasteiger partial charge in [0.15, 0.2) is 11.6 Å². The van der Waals surface area contributed by atoms with Crippen LogP contribution in [0.4, 0.5) is 14.5 Å². The summed E-state index contributed by atoms with van der Waals surface area (Å²) in [6.45, 7) is 3.81. The van der Waals surface area contributed by atoms with Crippen molar-refractivity contribution in [3.63, 3.8) is 0 Å². The van der Waals surface area contributed by atoms with Gasteiger partial charge in [0.05, 0.1) is 17.3 Å². The van der Waals surface area contributed by atoms with Crippen molar-refractivity contribution in [2.24, 2.45) is 0 Å². The van der Waals surface area contributed by atoms with Crippen LogP contribution in [0.15, 0.2) is 71.3 Å². The first-order chi connectivity index (χ1) is 17.1. The molecule has 0 spiro atoms. The van der Waals surface area contributed by atoms with Gasteiger partial charge in [0.2, 0.25) is 0 Å². The van der Waals surface area contributed by atoms with E-state index in [4.69, 9.17) is 9.15 Å². The maximum atomic E-state index is 14.0. The average Bonchev–Trinajstić information content (AvgIpc) is 3.33. The molecule has 8 heteroatoms. The van der Waals surface area contributed by atoms with Crippen LogP contribution in [0.5, 0.6) is 5.75 Å². The number of hydrogen-bond acceptors (Lipinski definition) is 5. The molecule has 4 rings (SSSR count). The highest BCUT2D eigenvalue weighted by Gasteiger charge is 2.18. The van der Waals surface area contributed by atoms with Crippen LogP contribution >= 0.6 is 0 Å². The van der Waals surface area contributed by atoms with Crippen LogP contribution in [0.25, 0.3) is 22.1 Å². The first-order valence-electron chi connectivity index (χ1n) is 11.5. The Bertz CT molecular complexity index is 1360. The van der Waals surface area contributed by atoms with Crippen LogP contribution in [0.3, 0.4) is 0 Å². The Hall–Kier alpha value is -3.91. The lowest BCUT2D eigenvalue weighted by molar-refractivity contribution is -0.135. The van der Waals surface area contributed by atoms with E-state index in [1.54, 1.807) is 43.0 Å². The molecule has 6 nitrogen and oxygen atoms in total. The standard InChI is InChI=1S/C28H27F2NO5/c1-28(2,34)11-12-31(16-25(32)33)20-5-3-4-18(14-20)17-36-21-8-6-19(7-9-21)23-15-24(29)26(30)22-10-13-35-27(22)23/h3-10,13-15,34H,11-12,16-17H2,1-2H3,(H,32,33). The van der Waals surface area contributed by atoms with Gasteiger partial charge in [0.1, 0.15) is 24.5 Å². The van der Waals surface area contributed by atoms with E-state index in [0.717, 1.165) is 17.3 Å². The molecule has 4 aromatic rings. The van der Waals surface area contributed by atoms with Crippen molar-refractivity contribution in [1.82, 2.24) is 0 Å². The van der Waals surface area contributed by atoms with E-state index in [-0.39, 0.29) is 24.1 Å². The molecule has 0 unspecified atom stereocenters. The van der Waals surface area contributed by atoms with Gasteiger partial charge in [0, 0.05) is 17.8 Å². The largest absolute Gasteiger partial charge is 0.489 e. The van der Waals surface area contributed by atoms with Gasteiger partial charge >= 0.3 is 5.97 Å². The lowest BCUT2D eigenvalue weighted by Crippen LogP contribution is -2.34. The first-order valence-corrected chi connectivity index (χ1v) is 11.5. The Kier molecular flexibility index (Phi) is 7.26. The van der Waals surface area contributed by atoms with Crippen molar-refractivity contribution in [3.05, 3.63) is 84.1 Å². The summed E-state index contributed by atoms with van der Waals surface area (Å²) in [6, 6.07) is 16.8. The van der Waals surface area contributed by atoms with Crippen LogP contribution in [0.1, 0.15) is 25.8 Å². The Morgan fingerprint density at radius 2 is 1.83 bits per heavy atom. The number of aliphatic hydroxyl groups is 1. The Morgan fingerprint density at radius 3 is 2.53 bits per heavy atom. The second-order valence-electron chi connectivity index (χ2n) is 9.24. The molecule has 1 heterocycles. The van der Waals surface area contributed by atoms with Crippen molar-refractivity contribution in [3.8, 4) is 16.9 Å². The molecule has 188 valence electrons. The smallest absolute Gasteiger partial charge is 0.323 e. The predicted molar refractivity (Wildman–Crippen MR) is 133 cm³/mol. The summed E-state index contributed by atoms with van der Waals surface area (Å²) in [7, 11) is 0. The van der Waals surface area contributed by atoms with E-state index in [1.165, 1.54) is 12.3 Å². The fraction of sp³-hybridized carbons (Fsp3) is 0.250. The van der Waals surface area contributed by atoms with Crippen LogP contribution in [0, 0.1) is 11.6 Å². The van der Waals surface area contributed by atoms with Crippen LogP contribution in [-0.4, -0.2) is 34.9 Å². The Labute approximate surface area is 207 Å². The monoisotopic (exact) mass is 495 g/mol.